The summed E-state index contributed by atoms with van der Waals surface area (Å²) in [5, 5.41) is 0. The molecule has 0 aromatic heterocycles. The standard InChI is InChI=1S/C14H19BrO3/c1-3-4-5-6-9-18-13-8-7-11(10-12(13)15)14(16)17-2/h7-8,10H,3-6,9H2,1-2H3. The predicted molar refractivity (Wildman–Crippen MR) is 75.1 cm³/mol. The zero-order chi connectivity index (χ0) is 13.4. The molecule has 100 valence electrons. The normalized spacial score (nSPS) is 10.2. The molecule has 0 amide bonds. The summed E-state index contributed by atoms with van der Waals surface area (Å²) < 4.78 is 11.1. The fourth-order valence-corrected chi connectivity index (χ4v) is 2.07. The Morgan fingerprint density at radius 3 is 2.67 bits per heavy atom. The van der Waals surface area contributed by atoms with Crippen LogP contribution < -0.4 is 4.74 Å². The molecule has 1 aromatic rings. The van der Waals surface area contributed by atoms with E-state index in [1.54, 1.807) is 18.2 Å². The minimum atomic E-state index is -0.342. The van der Waals surface area contributed by atoms with Crippen molar-refractivity contribution in [3.8, 4) is 5.75 Å². The topological polar surface area (TPSA) is 35.5 Å². The molecule has 0 bridgehead atoms. The molecule has 1 aromatic carbocycles. The lowest BCUT2D eigenvalue weighted by Crippen LogP contribution is -2.02. The SMILES string of the molecule is CCCCCCOc1ccc(C(=O)OC)cc1Br. The molecule has 0 fully saturated rings. The highest BCUT2D eigenvalue weighted by Gasteiger charge is 2.08. The summed E-state index contributed by atoms with van der Waals surface area (Å²) in [6.07, 6.45) is 4.71. The minimum absolute atomic E-state index is 0.342. The van der Waals surface area contributed by atoms with Crippen molar-refractivity contribution in [2.45, 2.75) is 32.6 Å². The van der Waals surface area contributed by atoms with Crippen LogP contribution in [0.3, 0.4) is 0 Å². The van der Waals surface area contributed by atoms with Crippen LogP contribution in [-0.4, -0.2) is 19.7 Å². The highest BCUT2D eigenvalue weighted by Crippen LogP contribution is 2.26. The largest absolute Gasteiger partial charge is 0.492 e. The molecule has 0 radical (unpaired) electrons. The molecule has 0 aliphatic heterocycles. The van der Waals surface area contributed by atoms with E-state index in [2.05, 4.69) is 27.6 Å². The Balaban J connectivity index is 2.49. The van der Waals surface area contributed by atoms with Crippen LogP contribution in [0.2, 0.25) is 0 Å². The number of esters is 1. The molecule has 0 aliphatic carbocycles. The Kier molecular flexibility index (Phi) is 6.80. The van der Waals surface area contributed by atoms with Gasteiger partial charge in [0, 0.05) is 0 Å². The molecule has 18 heavy (non-hydrogen) atoms. The number of hydrogen-bond acceptors (Lipinski definition) is 3. The van der Waals surface area contributed by atoms with Crippen LogP contribution in [0.5, 0.6) is 5.75 Å². The second-order valence-electron chi connectivity index (χ2n) is 4.05. The van der Waals surface area contributed by atoms with Crippen LogP contribution in [0.1, 0.15) is 43.0 Å². The molecule has 0 unspecified atom stereocenters. The Labute approximate surface area is 117 Å². The average molecular weight is 315 g/mol. The summed E-state index contributed by atoms with van der Waals surface area (Å²) in [6.45, 7) is 2.89. The van der Waals surface area contributed by atoms with Crippen molar-refractivity contribution in [2.24, 2.45) is 0 Å². The van der Waals surface area contributed by atoms with Gasteiger partial charge in [-0.2, -0.15) is 0 Å². The van der Waals surface area contributed by atoms with E-state index in [-0.39, 0.29) is 5.97 Å². The van der Waals surface area contributed by atoms with E-state index < -0.39 is 0 Å². The average Bonchev–Trinajstić information content (AvgIpc) is 2.39. The van der Waals surface area contributed by atoms with Gasteiger partial charge in [-0.05, 0) is 40.5 Å². The van der Waals surface area contributed by atoms with Gasteiger partial charge in [0.2, 0.25) is 0 Å². The van der Waals surface area contributed by atoms with E-state index in [9.17, 15) is 4.79 Å². The first-order chi connectivity index (χ1) is 8.69. The number of halogens is 1. The van der Waals surface area contributed by atoms with Gasteiger partial charge >= 0.3 is 5.97 Å². The molecule has 0 saturated heterocycles. The first-order valence-corrected chi connectivity index (χ1v) is 6.99. The first-order valence-electron chi connectivity index (χ1n) is 6.19. The van der Waals surface area contributed by atoms with Gasteiger partial charge in [0.05, 0.1) is 23.8 Å². The Hall–Kier alpha value is -1.03. The minimum Gasteiger partial charge on any atom is -0.492 e. The van der Waals surface area contributed by atoms with Gasteiger partial charge in [-0.3, -0.25) is 0 Å². The van der Waals surface area contributed by atoms with Crippen LogP contribution in [0.4, 0.5) is 0 Å². The molecular formula is C14H19BrO3. The predicted octanol–water partition coefficient (Wildman–Crippen LogP) is 4.19. The van der Waals surface area contributed by atoms with E-state index >= 15 is 0 Å². The van der Waals surface area contributed by atoms with Crippen molar-refractivity contribution in [3.63, 3.8) is 0 Å². The van der Waals surface area contributed by atoms with Crippen LogP contribution in [0.15, 0.2) is 22.7 Å². The first kappa shape index (κ1) is 15.0. The van der Waals surface area contributed by atoms with Gasteiger partial charge in [0.25, 0.3) is 0 Å². The summed E-state index contributed by atoms with van der Waals surface area (Å²) in [7, 11) is 1.37. The van der Waals surface area contributed by atoms with Crippen LogP contribution in [0, 0.1) is 0 Å². The summed E-state index contributed by atoms with van der Waals surface area (Å²) >= 11 is 3.39. The fraction of sp³-hybridized carbons (Fsp3) is 0.500. The number of hydrogen-bond donors (Lipinski definition) is 0. The lowest BCUT2D eigenvalue weighted by Gasteiger charge is -2.09. The zero-order valence-corrected chi connectivity index (χ0v) is 12.5. The Morgan fingerprint density at radius 2 is 2.06 bits per heavy atom. The lowest BCUT2D eigenvalue weighted by molar-refractivity contribution is 0.0600. The molecule has 0 spiro atoms. The van der Waals surface area contributed by atoms with Gasteiger partial charge in [0.15, 0.2) is 0 Å². The van der Waals surface area contributed by atoms with Gasteiger partial charge < -0.3 is 9.47 Å². The van der Waals surface area contributed by atoms with Crippen LogP contribution in [-0.2, 0) is 4.74 Å². The molecular weight excluding hydrogens is 296 g/mol. The summed E-state index contributed by atoms with van der Waals surface area (Å²) in [5.74, 6) is 0.421. The molecule has 0 aliphatic rings. The maximum Gasteiger partial charge on any atom is 0.337 e. The maximum atomic E-state index is 11.3. The van der Waals surface area contributed by atoms with Crippen molar-refractivity contribution in [1.29, 1.82) is 0 Å². The van der Waals surface area contributed by atoms with Crippen LogP contribution >= 0.6 is 15.9 Å². The van der Waals surface area contributed by atoms with Crippen molar-refractivity contribution in [2.75, 3.05) is 13.7 Å². The maximum absolute atomic E-state index is 11.3. The molecule has 0 N–H and O–H groups in total. The van der Waals surface area contributed by atoms with Gasteiger partial charge in [-0.1, -0.05) is 26.2 Å². The third-order valence-electron chi connectivity index (χ3n) is 2.61. The van der Waals surface area contributed by atoms with Crippen molar-refractivity contribution in [1.82, 2.24) is 0 Å². The summed E-state index contributed by atoms with van der Waals surface area (Å²) in [6, 6.07) is 5.21. The molecule has 0 saturated carbocycles. The summed E-state index contributed by atoms with van der Waals surface area (Å²) in [4.78, 5) is 11.3. The molecule has 1 rings (SSSR count). The van der Waals surface area contributed by atoms with E-state index in [0.29, 0.717) is 12.2 Å². The zero-order valence-electron chi connectivity index (χ0n) is 10.9. The van der Waals surface area contributed by atoms with Gasteiger partial charge in [-0.15, -0.1) is 0 Å². The monoisotopic (exact) mass is 314 g/mol. The van der Waals surface area contributed by atoms with E-state index in [4.69, 9.17) is 4.74 Å². The van der Waals surface area contributed by atoms with Crippen molar-refractivity contribution >= 4 is 21.9 Å². The smallest absolute Gasteiger partial charge is 0.337 e. The third-order valence-corrected chi connectivity index (χ3v) is 3.23. The summed E-state index contributed by atoms with van der Waals surface area (Å²) in [5.41, 5.74) is 0.516. The molecule has 3 nitrogen and oxygen atoms in total. The highest BCUT2D eigenvalue weighted by molar-refractivity contribution is 9.10. The number of benzene rings is 1. The quantitative estimate of drug-likeness (QED) is 0.559. The number of ether oxygens (including phenoxy) is 2. The van der Waals surface area contributed by atoms with Crippen molar-refractivity contribution in [3.05, 3.63) is 28.2 Å². The second-order valence-corrected chi connectivity index (χ2v) is 4.90. The number of methoxy groups -OCH3 is 1. The fourth-order valence-electron chi connectivity index (χ4n) is 1.57. The van der Waals surface area contributed by atoms with E-state index in [1.807, 2.05) is 0 Å². The number of carbonyl (C=O) groups is 1. The molecule has 0 atom stereocenters. The Bertz CT molecular complexity index is 391. The van der Waals surface area contributed by atoms with Gasteiger partial charge in [0.1, 0.15) is 5.75 Å². The number of rotatable bonds is 7. The highest BCUT2D eigenvalue weighted by atomic mass is 79.9. The van der Waals surface area contributed by atoms with E-state index in [0.717, 1.165) is 16.6 Å². The lowest BCUT2D eigenvalue weighted by atomic mass is 10.2. The number of unbranched alkanes of at least 4 members (excludes halogenated alkanes) is 3. The second kappa shape index (κ2) is 8.14. The third kappa shape index (κ3) is 4.69. The van der Waals surface area contributed by atoms with Crippen molar-refractivity contribution < 1.29 is 14.3 Å². The molecule has 0 heterocycles. The van der Waals surface area contributed by atoms with Gasteiger partial charge in [-0.25, -0.2) is 4.79 Å². The molecule has 4 heteroatoms. The van der Waals surface area contributed by atoms with Crippen LogP contribution in [0.25, 0.3) is 0 Å². The Morgan fingerprint density at radius 1 is 1.28 bits per heavy atom. The van der Waals surface area contributed by atoms with E-state index in [1.165, 1.54) is 26.4 Å². The number of carbonyl (C=O) groups excluding carboxylic acids is 1.